The minimum atomic E-state index is 0. The Labute approximate surface area is 204 Å². The fraction of sp³-hybridized carbons (Fsp3) is 0.310. The molecule has 0 aliphatic rings. The number of hydrogen-bond donors (Lipinski definition) is 0. The molecular weight excluding hydrogens is 435 g/mol. The summed E-state index contributed by atoms with van der Waals surface area (Å²) in [5.74, 6) is 18.4. The molecule has 2 nitrogen and oxygen atoms in total. The molecule has 32 heavy (non-hydrogen) atoms. The second-order valence-electron chi connectivity index (χ2n) is 7.06. The Balaban J connectivity index is 0.00000512. The third-order valence-corrected chi connectivity index (χ3v) is 4.48. The van der Waals surface area contributed by atoms with Crippen LogP contribution in [0.3, 0.4) is 0 Å². The molecule has 0 aromatic heterocycles. The van der Waals surface area contributed by atoms with Gasteiger partial charge in [0.15, 0.2) is 0 Å². The van der Waals surface area contributed by atoms with E-state index < -0.39 is 0 Å². The molecule has 0 bridgehead atoms. The molecule has 0 heterocycles. The first-order valence-corrected chi connectivity index (χ1v) is 10.9. The minimum Gasteiger partial charge on any atom is -0.254 e. The molecule has 0 spiro atoms. The van der Waals surface area contributed by atoms with E-state index in [0.29, 0.717) is 5.71 Å². The quantitative estimate of drug-likeness (QED) is 0.170. The van der Waals surface area contributed by atoms with Crippen LogP contribution in [-0.2, 0) is 16.5 Å². The van der Waals surface area contributed by atoms with Gasteiger partial charge in [-0.15, -0.1) is 11.8 Å². The third-order valence-electron chi connectivity index (χ3n) is 4.48. The van der Waals surface area contributed by atoms with E-state index in [4.69, 9.17) is 4.99 Å². The van der Waals surface area contributed by atoms with Gasteiger partial charge in [-0.25, -0.2) is 4.99 Å². The Morgan fingerprint density at radius 3 is 1.91 bits per heavy atom. The van der Waals surface area contributed by atoms with Crippen LogP contribution in [0, 0.1) is 35.5 Å². The predicted octanol–water partition coefficient (Wildman–Crippen LogP) is 7.27. The van der Waals surface area contributed by atoms with Gasteiger partial charge in [0.1, 0.15) is 5.71 Å². The van der Waals surface area contributed by atoms with E-state index in [1.807, 2.05) is 62.4 Å². The molecule has 0 aliphatic carbocycles. The van der Waals surface area contributed by atoms with Crippen LogP contribution in [0.25, 0.3) is 0 Å². The van der Waals surface area contributed by atoms with E-state index in [9.17, 15) is 0 Å². The van der Waals surface area contributed by atoms with E-state index in [1.54, 1.807) is 6.21 Å². The maximum atomic E-state index is 4.69. The molecule has 166 valence electrons. The number of rotatable bonds is 8. The van der Waals surface area contributed by atoms with Gasteiger partial charge in [-0.2, -0.15) is 0 Å². The SMILES string of the molecule is CC#Cc1ccc(/N=C/C(C#CCCCCCCC)=N/c2ccc(C#CC)cc2)cc1.[Ni]. The van der Waals surface area contributed by atoms with Crippen molar-refractivity contribution in [2.75, 3.05) is 0 Å². The summed E-state index contributed by atoms with van der Waals surface area (Å²) < 4.78 is 0. The fourth-order valence-corrected chi connectivity index (χ4v) is 2.87. The summed E-state index contributed by atoms with van der Waals surface area (Å²) in [5, 5.41) is 0. The van der Waals surface area contributed by atoms with Gasteiger partial charge in [-0.3, -0.25) is 4.99 Å². The average molecular weight is 465 g/mol. The maximum absolute atomic E-state index is 4.69. The van der Waals surface area contributed by atoms with E-state index >= 15 is 0 Å². The molecule has 0 radical (unpaired) electrons. The van der Waals surface area contributed by atoms with Crippen molar-refractivity contribution in [2.45, 2.75) is 59.3 Å². The molecule has 2 aromatic rings. The fourth-order valence-electron chi connectivity index (χ4n) is 2.87. The van der Waals surface area contributed by atoms with Crippen LogP contribution in [0.4, 0.5) is 11.4 Å². The topological polar surface area (TPSA) is 24.7 Å². The van der Waals surface area contributed by atoms with Crippen molar-refractivity contribution in [3.63, 3.8) is 0 Å². The molecule has 0 fully saturated rings. The maximum Gasteiger partial charge on any atom is 0.132 e. The summed E-state index contributed by atoms with van der Waals surface area (Å²) in [6.07, 6.45) is 8.82. The summed E-state index contributed by atoms with van der Waals surface area (Å²) in [5.41, 5.74) is 4.30. The van der Waals surface area contributed by atoms with E-state index in [-0.39, 0.29) is 16.5 Å². The molecule has 0 amide bonds. The number of benzene rings is 2. The second kappa shape index (κ2) is 16.6. The molecule has 2 rings (SSSR count). The zero-order valence-electron chi connectivity index (χ0n) is 19.1. The van der Waals surface area contributed by atoms with Crippen LogP contribution in [0.5, 0.6) is 0 Å². The van der Waals surface area contributed by atoms with Crippen LogP contribution >= 0.6 is 0 Å². The molecule has 3 heteroatoms. The molecule has 0 saturated carbocycles. The van der Waals surface area contributed by atoms with Gasteiger partial charge in [0.25, 0.3) is 0 Å². The van der Waals surface area contributed by atoms with Crippen molar-refractivity contribution < 1.29 is 16.5 Å². The monoisotopic (exact) mass is 464 g/mol. The van der Waals surface area contributed by atoms with Crippen molar-refractivity contribution in [1.82, 2.24) is 0 Å². The van der Waals surface area contributed by atoms with E-state index in [0.717, 1.165) is 35.3 Å². The molecule has 0 atom stereocenters. The third kappa shape index (κ3) is 10.8. The van der Waals surface area contributed by atoms with Crippen molar-refractivity contribution >= 4 is 23.3 Å². The summed E-state index contributed by atoms with van der Waals surface area (Å²) in [7, 11) is 0. The number of aliphatic imine (C=N–C) groups is 2. The summed E-state index contributed by atoms with van der Waals surface area (Å²) in [6, 6.07) is 15.7. The zero-order valence-corrected chi connectivity index (χ0v) is 20.1. The standard InChI is InChI=1S/C29H30N2.Ni/c1-4-7-8-9-10-11-12-15-29(31-28-22-18-26(14-6-3)19-23-28)24-30-27-20-16-25(13-5-2)17-21-27;/h16-24H,4,7-11H2,1-3H3;/b30-24+,31-29+;. The predicted molar refractivity (Wildman–Crippen MR) is 134 cm³/mol. The first kappa shape index (κ1) is 27.0. The Hall–Kier alpha value is -3.05. The van der Waals surface area contributed by atoms with Crippen LogP contribution in [0.1, 0.15) is 70.4 Å². The van der Waals surface area contributed by atoms with Crippen molar-refractivity contribution in [1.29, 1.82) is 0 Å². The van der Waals surface area contributed by atoms with Crippen LogP contribution < -0.4 is 0 Å². The van der Waals surface area contributed by atoms with Crippen molar-refractivity contribution in [3.8, 4) is 35.5 Å². The van der Waals surface area contributed by atoms with E-state index in [2.05, 4.69) is 47.4 Å². The Morgan fingerprint density at radius 2 is 1.34 bits per heavy atom. The summed E-state index contributed by atoms with van der Waals surface area (Å²) >= 11 is 0. The zero-order chi connectivity index (χ0) is 22.2. The smallest absolute Gasteiger partial charge is 0.132 e. The van der Waals surface area contributed by atoms with Crippen molar-refractivity contribution in [3.05, 3.63) is 59.7 Å². The first-order valence-electron chi connectivity index (χ1n) is 10.9. The summed E-state index contributed by atoms with van der Waals surface area (Å²) in [6.45, 7) is 5.90. The van der Waals surface area contributed by atoms with E-state index in [1.165, 1.54) is 25.7 Å². The van der Waals surface area contributed by atoms with Gasteiger partial charge < -0.3 is 0 Å². The normalized spacial score (nSPS) is 10.2. The number of unbranched alkanes of at least 4 members (excludes halogenated alkanes) is 5. The van der Waals surface area contributed by atoms with Gasteiger partial charge in [0, 0.05) is 34.0 Å². The number of hydrogen-bond acceptors (Lipinski definition) is 2. The van der Waals surface area contributed by atoms with Crippen LogP contribution in [0.2, 0.25) is 0 Å². The molecule has 0 saturated heterocycles. The molecular formula is C29H30N2Ni. The average Bonchev–Trinajstić information content (AvgIpc) is 2.79. The van der Waals surface area contributed by atoms with Gasteiger partial charge >= 0.3 is 0 Å². The molecule has 0 N–H and O–H groups in total. The van der Waals surface area contributed by atoms with Gasteiger partial charge in [0.2, 0.25) is 0 Å². The summed E-state index contributed by atoms with van der Waals surface area (Å²) in [4.78, 5) is 9.25. The Bertz CT molecular complexity index is 1060. The largest absolute Gasteiger partial charge is 0.254 e. The van der Waals surface area contributed by atoms with Gasteiger partial charge in [-0.1, -0.05) is 50.4 Å². The molecule has 2 aromatic carbocycles. The van der Waals surface area contributed by atoms with Crippen molar-refractivity contribution in [2.24, 2.45) is 9.98 Å². The van der Waals surface area contributed by atoms with Crippen LogP contribution in [-0.4, -0.2) is 11.9 Å². The van der Waals surface area contributed by atoms with Gasteiger partial charge in [0.05, 0.1) is 17.6 Å². The Morgan fingerprint density at radius 1 is 0.781 bits per heavy atom. The van der Waals surface area contributed by atoms with Crippen LogP contribution in [0.15, 0.2) is 58.5 Å². The number of nitrogens with zero attached hydrogens (tertiary/aromatic N) is 2. The molecule has 0 unspecified atom stereocenters. The van der Waals surface area contributed by atoms with Gasteiger partial charge in [-0.05, 0) is 74.7 Å². The Kier molecular flexibility index (Phi) is 14.0. The minimum absolute atomic E-state index is 0. The molecule has 0 aliphatic heterocycles. The second-order valence-corrected chi connectivity index (χ2v) is 7.06. The first-order chi connectivity index (χ1) is 15.2.